The molecule has 1 atom stereocenters. The molecule has 6 nitrogen and oxygen atoms in total. The van der Waals surface area contributed by atoms with E-state index >= 15 is 0 Å². The number of aliphatic imine (C=N–C) groups is 1. The highest BCUT2D eigenvalue weighted by Crippen LogP contribution is 2.55. The predicted molar refractivity (Wildman–Crippen MR) is 134 cm³/mol. The van der Waals surface area contributed by atoms with Gasteiger partial charge in [0, 0.05) is 29.8 Å². The first-order valence-corrected chi connectivity index (χ1v) is 11.3. The average Bonchev–Trinajstić information content (AvgIpc) is 3.03. The van der Waals surface area contributed by atoms with E-state index < -0.39 is 11.1 Å². The molecule has 6 rings (SSSR count). The van der Waals surface area contributed by atoms with Crippen molar-refractivity contribution in [3.8, 4) is 5.75 Å². The summed E-state index contributed by atoms with van der Waals surface area (Å²) in [7, 11) is 0. The lowest BCUT2D eigenvalue weighted by Gasteiger charge is -2.46. The van der Waals surface area contributed by atoms with Crippen molar-refractivity contribution in [1.29, 1.82) is 0 Å². The van der Waals surface area contributed by atoms with E-state index in [-0.39, 0.29) is 10.6 Å². The van der Waals surface area contributed by atoms with Gasteiger partial charge in [0.2, 0.25) is 5.72 Å². The fourth-order valence-corrected chi connectivity index (χ4v) is 5.27. The monoisotopic (exact) mass is 449 g/mol. The van der Waals surface area contributed by atoms with Crippen LogP contribution < -0.4 is 9.64 Å². The molecule has 0 fully saturated rings. The molecule has 4 aromatic rings. The van der Waals surface area contributed by atoms with E-state index in [1.807, 2.05) is 36.5 Å². The van der Waals surface area contributed by atoms with Crippen LogP contribution in [-0.4, -0.2) is 16.9 Å². The lowest BCUT2D eigenvalue weighted by Crippen LogP contribution is -2.61. The molecule has 0 aromatic heterocycles. The number of hydrogen-bond donors (Lipinski definition) is 0. The molecule has 0 saturated heterocycles. The largest absolute Gasteiger partial charge is 0.459 e. The van der Waals surface area contributed by atoms with Gasteiger partial charge in [-0.3, -0.25) is 15.1 Å². The number of nitro benzene ring substituents is 1. The number of benzene rings is 4. The van der Waals surface area contributed by atoms with Gasteiger partial charge in [0.25, 0.3) is 5.69 Å². The quantitative estimate of drug-likeness (QED) is 0.263. The van der Waals surface area contributed by atoms with Gasteiger partial charge in [-0.25, -0.2) is 0 Å². The molecule has 0 unspecified atom stereocenters. The third-order valence-corrected chi connectivity index (χ3v) is 7.15. The minimum absolute atomic E-state index is 0.0805. The van der Waals surface area contributed by atoms with Gasteiger partial charge in [0.1, 0.15) is 11.4 Å². The van der Waals surface area contributed by atoms with Crippen molar-refractivity contribution in [2.75, 3.05) is 4.90 Å². The second-order valence-corrected chi connectivity index (χ2v) is 9.34. The summed E-state index contributed by atoms with van der Waals surface area (Å²) in [6, 6.07) is 27.3. The van der Waals surface area contributed by atoms with E-state index in [9.17, 15) is 10.1 Å². The van der Waals surface area contributed by atoms with Gasteiger partial charge in [-0.2, -0.15) is 0 Å². The molecular formula is C28H23N3O3. The maximum Gasteiger partial charge on any atom is 0.269 e. The van der Waals surface area contributed by atoms with Crippen LogP contribution in [-0.2, 0) is 12.0 Å². The molecule has 168 valence electrons. The minimum atomic E-state index is -0.853. The Morgan fingerprint density at radius 1 is 0.941 bits per heavy atom. The van der Waals surface area contributed by atoms with Gasteiger partial charge in [0.15, 0.2) is 0 Å². The topological polar surface area (TPSA) is 68.0 Å². The standard InChI is InChI=1S/C28H23N3O3/c1-27(2)23-9-5-6-10-24(23)30(17-19-11-14-21(15-12-19)31(32)33)28(27)18-29-26-22-8-4-3-7-20(22)13-16-25(26)34-28/h3-16,18H,17H2,1-2H3/t28-/m1/s1. The van der Waals surface area contributed by atoms with Crippen LogP contribution in [0.25, 0.3) is 10.8 Å². The van der Waals surface area contributed by atoms with Gasteiger partial charge in [-0.05, 0) is 42.5 Å². The van der Waals surface area contributed by atoms with E-state index in [4.69, 9.17) is 9.73 Å². The summed E-state index contributed by atoms with van der Waals surface area (Å²) >= 11 is 0. The fraction of sp³-hybridized carbons (Fsp3) is 0.179. The Morgan fingerprint density at radius 2 is 1.68 bits per heavy atom. The summed E-state index contributed by atoms with van der Waals surface area (Å²) in [5.41, 5.74) is 2.86. The Hall–Kier alpha value is -4.19. The van der Waals surface area contributed by atoms with Crippen LogP contribution in [0.4, 0.5) is 17.1 Å². The Balaban J connectivity index is 1.49. The predicted octanol–water partition coefficient (Wildman–Crippen LogP) is 6.54. The van der Waals surface area contributed by atoms with Crippen molar-refractivity contribution in [1.82, 2.24) is 0 Å². The number of anilines is 1. The summed E-state index contributed by atoms with van der Waals surface area (Å²) < 4.78 is 6.90. The Bertz CT molecular complexity index is 1480. The van der Waals surface area contributed by atoms with Crippen LogP contribution >= 0.6 is 0 Å². The van der Waals surface area contributed by atoms with Crippen molar-refractivity contribution in [2.45, 2.75) is 31.5 Å². The van der Waals surface area contributed by atoms with E-state index in [1.54, 1.807) is 24.3 Å². The first kappa shape index (κ1) is 20.4. The maximum absolute atomic E-state index is 11.1. The van der Waals surface area contributed by atoms with Crippen molar-refractivity contribution in [3.63, 3.8) is 0 Å². The molecule has 0 saturated carbocycles. The molecule has 34 heavy (non-hydrogen) atoms. The first-order valence-electron chi connectivity index (χ1n) is 11.3. The summed E-state index contributed by atoms with van der Waals surface area (Å²) in [5, 5.41) is 13.3. The van der Waals surface area contributed by atoms with E-state index in [1.165, 1.54) is 5.56 Å². The summed E-state index contributed by atoms with van der Waals surface area (Å²) in [6.45, 7) is 4.88. The Morgan fingerprint density at radius 3 is 2.47 bits per heavy atom. The molecule has 4 aromatic carbocycles. The van der Waals surface area contributed by atoms with Crippen molar-refractivity contribution in [2.24, 2.45) is 4.99 Å². The van der Waals surface area contributed by atoms with Gasteiger partial charge in [-0.1, -0.05) is 60.7 Å². The number of hydrogen-bond acceptors (Lipinski definition) is 5. The normalized spacial score (nSPS) is 19.6. The molecule has 2 aliphatic heterocycles. The van der Waals surface area contributed by atoms with E-state index in [0.717, 1.165) is 33.5 Å². The van der Waals surface area contributed by atoms with Crippen molar-refractivity contribution in [3.05, 3.63) is 106 Å². The Labute approximate surface area is 197 Å². The number of nitro groups is 1. The number of ether oxygens (including phenoxy) is 1. The van der Waals surface area contributed by atoms with Gasteiger partial charge >= 0.3 is 0 Å². The second kappa shape index (κ2) is 7.15. The van der Waals surface area contributed by atoms with Crippen LogP contribution in [0.1, 0.15) is 25.0 Å². The first-order chi connectivity index (χ1) is 16.4. The van der Waals surface area contributed by atoms with E-state index in [2.05, 4.69) is 49.1 Å². The fourth-order valence-electron chi connectivity index (χ4n) is 5.27. The highest BCUT2D eigenvalue weighted by Gasteiger charge is 2.59. The van der Waals surface area contributed by atoms with Gasteiger partial charge < -0.3 is 9.64 Å². The number of rotatable bonds is 3. The molecule has 2 heterocycles. The van der Waals surface area contributed by atoms with Crippen LogP contribution in [0, 0.1) is 10.1 Å². The van der Waals surface area contributed by atoms with Crippen LogP contribution in [0.5, 0.6) is 5.75 Å². The lowest BCUT2D eigenvalue weighted by atomic mass is 9.77. The van der Waals surface area contributed by atoms with Crippen LogP contribution in [0.3, 0.4) is 0 Å². The zero-order valence-corrected chi connectivity index (χ0v) is 18.9. The summed E-state index contributed by atoms with van der Waals surface area (Å²) in [6.07, 6.45) is 1.94. The number of non-ortho nitro benzene ring substituents is 1. The molecule has 0 bridgehead atoms. The highest BCUT2D eigenvalue weighted by atomic mass is 16.6. The third-order valence-electron chi connectivity index (χ3n) is 7.15. The smallest absolute Gasteiger partial charge is 0.269 e. The van der Waals surface area contributed by atoms with Gasteiger partial charge in [0.05, 0.1) is 16.6 Å². The Kier molecular flexibility index (Phi) is 4.30. The maximum atomic E-state index is 11.1. The molecule has 1 spiro atoms. The molecule has 0 aliphatic carbocycles. The zero-order valence-electron chi connectivity index (χ0n) is 18.9. The van der Waals surface area contributed by atoms with Crippen LogP contribution in [0.2, 0.25) is 0 Å². The van der Waals surface area contributed by atoms with Crippen molar-refractivity contribution < 1.29 is 9.66 Å². The molecule has 0 N–H and O–H groups in total. The second-order valence-electron chi connectivity index (χ2n) is 9.34. The van der Waals surface area contributed by atoms with Gasteiger partial charge in [-0.15, -0.1) is 0 Å². The number of para-hydroxylation sites is 1. The molecule has 6 heteroatoms. The van der Waals surface area contributed by atoms with E-state index in [0.29, 0.717) is 6.54 Å². The van der Waals surface area contributed by atoms with Crippen molar-refractivity contribution >= 4 is 34.0 Å². The SMILES string of the molecule is CC1(C)c2ccccc2N(Cc2ccc([N+](=O)[O-])cc2)[C@@]12C=Nc1c(ccc3ccccc13)O2. The molecule has 0 amide bonds. The van der Waals surface area contributed by atoms with Crippen LogP contribution in [0.15, 0.2) is 89.9 Å². The molecule has 0 radical (unpaired) electrons. The lowest BCUT2D eigenvalue weighted by molar-refractivity contribution is -0.384. The molecular weight excluding hydrogens is 426 g/mol. The molecule has 2 aliphatic rings. The third kappa shape index (κ3) is 2.78. The average molecular weight is 450 g/mol. The summed E-state index contributed by atoms with van der Waals surface area (Å²) in [5.74, 6) is 0.746. The zero-order chi connectivity index (χ0) is 23.5. The number of fused-ring (bicyclic) bond motifs is 4. The number of nitrogens with zero attached hydrogens (tertiary/aromatic N) is 3. The highest BCUT2D eigenvalue weighted by molar-refractivity contribution is 5.99. The minimum Gasteiger partial charge on any atom is -0.459 e. The summed E-state index contributed by atoms with van der Waals surface area (Å²) in [4.78, 5) is 17.9.